The summed E-state index contributed by atoms with van der Waals surface area (Å²) >= 11 is 0. The Morgan fingerprint density at radius 2 is 1.50 bits per heavy atom. The summed E-state index contributed by atoms with van der Waals surface area (Å²) in [5, 5.41) is 19.9. The van der Waals surface area contributed by atoms with Crippen LogP contribution in [0, 0.1) is 0 Å². The predicted octanol–water partition coefficient (Wildman–Crippen LogP) is -1.10. The minimum absolute atomic E-state index is 0.0153. The van der Waals surface area contributed by atoms with Crippen LogP contribution in [0.2, 0.25) is 0 Å². The SMILES string of the molecule is C=C(O[O-])S(=O)(=O)c1cccc2c(S(=O)(=O)CC(=O)[O-])cccc12. The van der Waals surface area contributed by atoms with Gasteiger partial charge in [-0.1, -0.05) is 24.3 Å². The molecule has 0 amide bonds. The van der Waals surface area contributed by atoms with Crippen LogP contribution in [0.15, 0.2) is 57.9 Å². The lowest BCUT2D eigenvalue weighted by atomic mass is 10.1. The molecule has 0 atom stereocenters. The average Bonchev–Trinajstić information content (AvgIpc) is 2.51. The first-order valence-electron chi connectivity index (χ1n) is 6.29. The number of benzene rings is 2. The molecular weight excluding hydrogens is 360 g/mol. The van der Waals surface area contributed by atoms with Crippen LogP contribution >= 0.6 is 0 Å². The van der Waals surface area contributed by atoms with Crippen LogP contribution in [0.3, 0.4) is 0 Å². The van der Waals surface area contributed by atoms with E-state index in [-0.39, 0.29) is 20.6 Å². The lowest BCUT2D eigenvalue weighted by Crippen LogP contribution is -2.30. The standard InChI is InChI=1S/C14H12O8S2/c1-9(22-17)24(20,21)13-7-3-4-10-11(13)5-2-6-12(10)23(18,19)8-14(15)16/h2-7,17H,1,8H2,(H,15,16)/p-2. The minimum atomic E-state index is -4.35. The maximum atomic E-state index is 12.2. The largest absolute Gasteiger partial charge is 0.663 e. The van der Waals surface area contributed by atoms with Gasteiger partial charge in [-0.3, -0.25) is 0 Å². The molecule has 2 rings (SSSR count). The number of carbonyl (C=O) groups is 1. The number of aliphatic carboxylic acids is 1. The highest BCUT2D eigenvalue weighted by Crippen LogP contribution is 2.31. The fourth-order valence-electron chi connectivity index (χ4n) is 2.16. The number of fused-ring (bicyclic) bond motifs is 1. The minimum Gasteiger partial charge on any atom is -0.663 e. The highest BCUT2D eigenvalue weighted by Gasteiger charge is 2.24. The highest BCUT2D eigenvalue weighted by molar-refractivity contribution is 7.95. The monoisotopic (exact) mass is 370 g/mol. The molecule has 0 radical (unpaired) electrons. The number of sulfone groups is 2. The molecule has 2 aromatic carbocycles. The average molecular weight is 370 g/mol. The summed E-state index contributed by atoms with van der Waals surface area (Å²) in [5.74, 6) is -3.04. The Labute approximate surface area is 137 Å². The van der Waals surface area contributed by atoms with E-state index in [9.17, 15) is 32.0 Å². The summed E-state index contributed by atoms with van der Waals surface area (Å²) in [7, 11) is -8.60. The van der Waals surface area contributed by atoms with Gasteiger partial charge in [-0.15, -0.1) is 0 Å². The molecule has 10 heteroatoms. The number of carboxylic acid groups (broad SMARTS) is 1. The van der Waals surface area contributed by atoms with E-state index in [1.165, 1.54) is 24.3 Å². The molecule has 0 aliphatic heterocycles. The molecule has 2 aromatic rings. The predicted molar refractivity (Wildman–Crippen MR) is 78.4 cm³/mol. The zero-order valence-corrected chi connectivity index (χ0v) is 13.6. The third-order valence-electron chi connectivity index (χ3n) is 3.17. The molecule has 0 aromatic heterocycles. The highest BCUT2D eigenvalue weighted by atomic mass is 32.2. The summed E-state index contributed by atoms with van der Waals surface area (Å²) in [6.07, 6.45) is 0. The number of rotatable bonds is 6. The summed E-state index contributed by atoms with van der Waals surface area (Å²) in [4.78, 5) is 13.3. The van der Waals surface area contributed by atoms with Crippen molar-refractivity contribution in [2.45, 2.75) is 9.79 Å². The second-order valence-electron chi connectivity index (χ2n) is 4.70. The number of hydrogen-bond donors (Lipinski definition) is 0. The van der Waals surface area contributed by atoms with Gasteiger partial charge in [-0.2, -0.15) is 0 Å². The van der Waals surface area contributed by atoms with Crippen molar-refractivity contribution in [1.29, 1.82) is 0 Å². The topological polar surface area (TPSA) is 141 Å². The zero-order valence-electron chi connectivity index (χ0n) is 12.0. The van der Waals surface area contributed by atoms with Gasteiger partial charge in [0.1, 0.15) is 0 Å². The molecule has 0 fully saturated rings. The van der Waals surface area contributed by atoms with Gasteiger partial charge in [0.2, 0.25) is 14.9 Å². The summed E-state index contributed by atoms with van der Waals surface area (Å²) < 4.78 is 48.8. The van der Waals surface area contributed by atoms with Crippen molar-refractivity contribution < 1.29 is 36.9 Å². The summed E-state index contributed by atoms with van der Waals surface area (Å²) in [6, 6.07) is 7.44. The van der Waals surface area contributed by atoms with Gasteiger partial charge in [0.15, 0.2) is 9.84 Å². The van der Waals surface area contributed by atoms with Crippen LogP contribution in [0.25, 0.3) is 10.8 Å². The van der Waals surface area contributed by atoms with Crippen LogP contribution in [0.5, 0.6) is 0 Å². The van der Waals surface area contributed by atoms with Crippen molar-refractivity contribution in [3.8, 4) is 0 Å². The third-order valence-corrected chi connectivity index (χ3v) is 6.41. The van der Waals surface area contributed by atoms with Crippen LogP contribution in [-0.2, 0) is 29.4 Å². The van der Waals surface area contributed by atoms with E-state index in [1.807, 2.05) is 0 Å². The van der Waals surface area contributed by atoms with Crippen molar-refractivity contribution in [2.75, 3.05) is 5.75 Å². The normalized spacial score (nSPS) is 12.0. The van der Waals surface area contributed by atoms with Crippen molar-refractivity contribution in [3.05, 3.63) is 48.1 Å². The van der Waals surface area contributed by atoms with Gasteiger partial charge in [0.05, 0.1) is 21.5 Å². The van der Waals surface area contributed by atoms with Crippen LogP contribution in [-0.4, -0.2) is 28.6 Å². The van der Waals surface area contributed by atoms with Crippen LogP contribution in [0.1, 0.15) is 0 Å². The number of carboxylic acids is 1. The lowest BCUT2D eigenvalue weighted by molar-refractivity contribution is -0.668. The van der Waals surface area contributed by atoms with E-state index < -0.39 is 36.5 Å². The fourth-order valence-corrected chi connectivity index (χ4v) is 4.48. The van der Waals surface area contributed by atoms with Crippen molar-refractivity contribution >= 4 is 36.4 Å². The molecule has 0 bridgehead atoms. The van der Waals surface area contributed by atoms with Crippen molar-refractivity contribution in [3.63, 3.8) is 0 Å². The van der Waals surface area contributed by atoms with Crippen molar-refractivity contribution in [2.24, 2.45) is 0 Å². The van der Waals surface area contributed by atoms with Gasteiger partial charge in [-0.05, 0) is 18.7 Å². The van der Waals surface area contributed by atoms with Crippen molar-refractivity contribution in [1.82, 2.24) is 0 Å². The first-order valence-corrected chi connectivity index (χ1v) is 9.43. The van der Waals surface area contributed by atoms with Crippen LogP contribution < -0.4 is 10.4 Å². The van der Waals surface area contributed by atoms with Crippen LogP contribution in [0.4, 0.5) is 0 Å². The Kier molecular flexibility index (Phi) is 4.65. The number of hydrogen-bond acceptors (Lipinski definition) is 8. The fraction of sp³-hybridized carbons (Fsp3) is 0.0714. The third kappa shape index (κ3) is 3.11. The molecule has 0 unspecified atom stereocenters. The van der Waals surface area contributed by atoms with E-state index in [2.05, 4.69) is 11.5 Å². The Morgan fingerprint density at radius 1 is 1.00 bits per heavy atom. The molecule has 0 N–H and O–H groups in total. The van der Waals surface area contributed by atoms with E-state index in [4.69, 9.17) is 0 Å². The van der Waals surface area contributed by atoms with E-state index in [0.717, 1.165) is 12.1 Å². The molecule has 0 aliphatic carbocycles. The summed E-state index contributed by atoms with van der Waals surface area (Å²) in [5.41, 5.74) is 0. The smallest absolute Gasteiger partial charge is 0.238 e. The summed E-state index contributed by atoms with van der Waals surface area (Å²) in [6.45, 7) is 3.01. The Balaban J connectivity index is 2.82. The van der Waals surface area contributed by atoms with Gasteiger partial charge >= 0.3 is 0 Å². The van der Waals surface area contributed by atoms with Gasteiger partial charge in [-0.25, -0.2) is 16.8 Å². The second-order valence-corrected chi connectivity index (χ2v) is 8.56. The molecular formula is C14H10O8S2-2. The Bertz CT molecular complexity index is 1040. The Hall–Kier alpha value is -2.43. The van der Waals surface area contributed by atoms with Gasteiger partial charge in [0.25, 0.3) is 0 Å². The molecule has 0 heterocycles. The van der Waals surface area contributed by atoms with E-state index in [1.54, 1.807) is 0 Å². The van der Waals surface area contributed by atoms with E-state index in [0.29, 0.717) is 0 Å². The number of carbonyl (C=O) groups excluding carboxylic acids is 1. The molecule has 0 spiro atoms. The first-order chi connectivity index (χ1) is 11.1. The Morgan fingerprint density at radius 3 is 2.00 bits per heavy atom. The second kappa shape index (κ2) is 6.23. The van der Waals surface area contributed by atoms with Gasteiger partial charge in [0, 0.05) is 10.8 Å². The zero-order chi connectivity index (χ0) is 18.1. The quantitative estimate of drug-likeness (QED) is 0.354. The lowest BCUT2D eigenvalue weighted by Gasteiger charge is -2.15. The molecule has 0 saturated heterocycles. The maximum absolute atomic E-state index is 12.2. The molecule has 8 nitrogen and oxygen atoms in total. The van der Waals surface area contributed by atoms with Gasteiger partial charge < -0.3 is 20.0 Å². The molecule has 0 aliphatic rings. The molecule has 24 heavy (non-hydrogen) atoms. The maximum Gasteiger partial charge on any atom is 0.238 e. The first kappa shape index (κ1) is 17.9. The molecule has 128 valence electrons. The van der Waals surface area contributed by atoms with E-state index >= 15 is 0 Å². The molecule has 0 saturated carbocycles.